The van der Waals surface area contributed by atoms with E-state index in [0.29, 0.717) is 11.1 Å². The molecule has 0 aliphatic rings. The fourth-order valence-electron chi connectivity index (χ4n) is 3.75. The van der Waals surface area contributed by atoms with Gasteiger partial charge >= 0.3 is 11.9 Å². The second-order valence-electron chi connectivity index (χ2n) is 9.11. The van der Waals surface area contributed by atoms with Gasteiger partial charge in [0.2, 0.25) is 23.6 Å². The summed E-state index contributed by atoms with van der Waals surface area (Å²) in [5.41, 5.74) is 12.3. The van der Waals surface area contributed by atoms with Gasteiger partial charge in [-0.3, -0.25) is 24.0 Å². The second-order valence-corrected chi connectivity index (χ2v) is 9.11. The van der Waals surface area contributed by atoms with Crippen LogP contribution in [0.4, 0.5) is 0 Å². The number of rotatable bonds is 16. The summed E-state index contributed by atoms with van der Waals surface area (Å²) >= 11 is 0. The number of carbonyl (C=O) groups is 6. The highest BCUT2D eigenvalue weighted by molar-refractivity contribution is 5.96. The molecule has 0 spiro atoms. The molecule has 4 atom stereocenters. The van der Waals surface area contributed by atoms with Gasteiger partial charge in [0.15, 0.2) is 0 Å². The number of primary amides is 1. The fourth-order valence-corrected chi connectivity index (χ4v) is 3.75. The number of carboxylic acid groups (broad SMARTS) is 2. The number of carboxylic acids is 2. The molecule has 2 aromatic carbocycles. The number of hydrogen-bond donors (Lipinski definition) is 7. The molecule has 40 heavy (non-hydrogen) atoms. The van der Waals surface area contributed by atoms with Gasteiger partial charge in [-0.1, -0.05) is 60.7 Å². The van der Waals surface area contributed by atoms with Crippen LogP contribution in [-0.2, 0) is 41.6 Å². The first-order chi connectivity index (χ1) is 19.0. The summed E-state index contributed by atoms with van der Waals surface area (Å²) in [6, 6.07) is 11.7. The Morgan fingerprint density at radius 2 is 1.12 bits per heavy atom. The van der Waals surface area contributed by atoms with Crippen LogP contribution in [0.2, 0.25) is 0 Å². The van der Waals surface area contributed by atoms with Crippen LogP contribution in [0, 0.1) is 0 Å². The first-order valence-corrected chi connectivity index (χ1v) is 12.4. The highest BCUT2D eigenvalue weighted by Crippen LogP contribution is 2.08. The monoisotopic (exact) mass is 555 g/mol. The van der Waals surface area contributed by atoms with Gasteiger partial charge in [0.1, 0.15) is 18.1 Å². The molecule has 0 aromatic heterocycles. The van der Waals surface area contributed by atoms with E-state index in [1.54, 1.807) is 60.7 Å². The smallest absolute Gasteiger partial charge is 0.326 e. The van der Waals surface area contributed by atoms with Crippen molar-refractivity contribution in [1.29, 1.82) is 0 Å². The van der Waals surface area contributed by atoms with Crippen molar-refractivity contribution in [2.75, 3.05) is 0 Å². The average Bonchev–Trinajstić information content (AvgIpc) is 2.91. The van der Waals surface area contributed by atoms with Crippen molar-refractivity contribution in [3.63, 3.8) is 0 Å². The molecule has 214 valence electrons. The van der Waals surface area contributed by atoms with Crippen LogP contribution in [0.3, 0.4) is 0 Å². The van der Waals surface area contributed by atoms with E-state index in [1.807, 2.05) is 0 Å². The molecule has 0 aliphatic heterocycles. The van der Waals surface area contributed by atoms with Gasteiger partial charge in [0.05, 0.1) is 12.5 Å². The highest BCUT2D eigenvalue weighted by atomic mass is 16.4. The second kappa shape index (κ2) is 15.6. The van der Waals surface area contributed by atoms with E-state index in [0.717, 1.165) is 0 Å². The SMILES string of the molecule is NC(=O)CC(NC(=O)C(Cc1ccccc1)NC(=O)C(N)CCC(=O)O)C(=O)NC(Cc1ccccc1)C(=O)O. The molecule has 13 heteroatoms. The third kappa shape index (κ3) is 10.9. The topological polar surface area (TPSA) is 231 Å². The van der Waals surface area contributed by atoms with Crippen LogP contribution in [0.5, 0.6) is 0 Å². The molecule has 0 saturated heterocycles. The Bertz CT molecular complexity index is 1190. The summed E-state index contributed by atoms with van der Waals surface area (Å²) in [6.45, 7) is 0. The number of amides is 4. The lowest BCUT2D eigenvalue weighted by molar-refractivity contribution is -0.142. The molecule has 0 radical (unpaired) electrons. The van der Waals surface area contributed by atoms with E-state index in [1.165, 1.54) is 0 Å². The van der Waals surface area contributed by atoms with Gasteiger partial charge in [-0.2, -0.15) is 0 Å². The average molecular weight is 556 g/mol. The predicted molar refractivity (Wildman–Crippen MR) is 142 cm³/mol. The van der Waals surface area contributed by atoms with E-state index in [9.17, 15) is 33.9 Å². The Kier molecular flexibility index (Phi) is 12.3. The van der Waals surface area contributed by atoms with Crippen molar-refractivity contribution in [1.82, 2.24) is 16.0 Å². The van der Waals surface area contributed by atoms with Crippen molar-refractivity contribution in [2.24, 2.45) is 11.5 Å². The predicted octanol–water partition coefficient (Wildman–Crippen LogP) is -0.922. The Balaban J connectivity index is 2.21. The number of benzene rings is 2. The molecule has 2 aromatic rings. The van der Waals surface area contributed by atoms with E-state index in [-0.39, 0.29) is 25.7 Å². The Labute approximate surface area is 230 Å². The summed E-state index contributed by atoms with van der Waals surface area (Å²) in [5.74, 6) is -6.02. The molecular formula is C27H33N5O8. The minimum absolute atomic E-state index is 0.0271. The maximum atomic E-state index is 13.3. The molecule has 0 bridgehead atoms. The molecule has 2 rings (SSSR count). The standard InChI is InChI=1S/C27H33N5O8/c28-18(11-12-23(34)35)24(36)30-19(13-16-7-3-1-4-8-16)25(37)31-20(15-22(29)33)26(38)32-21(27(39)40)14-17-9-5-2-6-10-17/h1-10,18-21H,11-15,28H2,(H2,29,33)(H,30,36)(H,31,37)(H,32,38)(H,34,35)(H,39,40). The van der Waals surface area contributed by atoms with Crippen LogP contribution in [0.15, 0.2) is 60.7 Å². The molecular weight excluding hydrogens is 522 g/mol. The third-order valence-corrected chi connectivity index (χ3v) is 5.86. The number of carbonyl (C=O) groups excluding carboxylic acids is 4. The Morgan fingerprint density at radius 1 is 0.675 bits per heavy atom. The molecule has 0 heterocycles. The number of nitrogens with one attached hydrogen (secondary N) is 3. The van der Waals surface area contributed by atoms with Gasteiger partial charge < -0.3 is 37.6 Å². The summed E-state index contributed by atoms with van der Waals surface area (Å²) in [4.78, 5) is 73.3. The van der Waals surface area contributed by atoms with Crippen molar-refractivity contribution < 1.29 is 39.0 Å². The summed E-state index contributed by atoms with van der Waals surface area (Å²) in [5, 5.41) is 25.6. The van der Waals surface area contributed by atoms with Gasteiger partial charge in [0.25, 0.3) is 0 Å². The van der Waals surface area contributed by atoms with Gasteiger partial charge in [0, 0.05) is 19.3 Å². The van der Waals surface area contributed by atoms with E-state index in [2.05, 4.69) is 16.0 Å². The van der Waals surface area contributed by atoms with Gasteiger partial charge in [-0.05, 0) is 17.5 Å². The quantitative estimate of drug-likeness (QED) is 0.135. The molecule has 0 saturated carbocycles. The Hall–Kier alpha value is -4.78. The minimum atomic E-state index is -1.54. The molecule has 0 aliphatic carbocycles. The number of hydrogen-bond acceptors (Lipinski definition) is 7. The molecule has 0 fully saturated rings. The number of nitrogens with two attached hydrogens (primary N) is 2. The van der Waals surface area contributed by atoms with Gasteiger partial charge in [-0.15, -0.1) is 0 Å². The third-order valence-electron chi connectivity index (χ3n) is 5.86. The first kappa shape index (κ1) is 31.4. The van der Waals surface area contributed by atoms with Crippen molar-refractivity contribution in [2.45, 2.75) is 56.3 Å². The summed E-state index contributed by atoms with van der Waals surface area (Å²) in [6.07, 6.45) is -1.26. The maximum Gasteiger partial charge on any atom is 0.326 e. The first-order valence-electron chi connectivity index (χ1n) is 12.4. The lowest BCUT2D eigenvalue weighted by atomic mass is 10.0. The van der Waals surface area contributed by atoms with E-state index < -0.39 is 66.2 Å². The van der Waals surface area contributed by atoms with Crippen LogP contribution in [-0.4, -0.2) is 69.9 Å². The van der Waals surface area contributed by atoms with Crippen LogP contribution >= 0.6 is 0 Å². The number of aliphatic carboxylic acids is 2. The van der Waals surface area contributed by atoms with Gasteiger partial charge in [-0.25, -0.2) is 4.79 Å². The van der Waals surface area contributed by atoms with Crippen molar-refractivity contribution in [3.05, 3.63) is 71.8 Å². The maximum absolute atomic E-state index is 13.3. The lowest BCUT2D eigenvalue weighted by Gasteiger charge is -2.25. The molecule has 13 nitrogen and oxygen atoms in total. The highest BCUT2D eigenvalue weighted by Gasteiger charge is 2.31. The molecule has 4 unspecified atom stereocenters. The van der Waals surface area contributed by atoms with Crippen LogP contribution < -0.4 is 27.4 Å². The zero-order valence-electron chi connectivity index (χ0n) is 21.6. The fraction of sp³-hybridized carbons (Fsp3) is 0.333. The zero-order valence-corrected chi connectivity index (χ0v) is 21.6. The van der Waals surface area contributed by atoms with Crippen LogP contribution in [0.25, 0.3) is 0 Å². The summed E-state index contributed by atoms with van der Waals surface area (Å²) in [7, 11) is 0. The largest absolute Gasteiger partial charge is 0.481 e. The van der Waals surface area contributed by atoms with E-state index >= 15 is 0 Å². The molecule has 9 N–H and O–H groups in total. The van der Waals surface area contributed by atoms with Crippen LogP contribution in [0.1, 0.15) is 30.4 Å². The lowest BCUT2D eigenvalue weighted by Crippen LogP contribution is -2.58. The Morgan fingerprint density at radius 3 is 1.60 bits per heavy atom. The van der Waals surface area contributed by atoms with Crippen molar-refractivity contribution >= 4 is 35.6 Å². The zero-order chi connectivity index (χ0) is 29.7. The molecule has 4 amide bonds. The van der Waals surface area contributed by atoms with E-state index in [4.69, 9.17) is 16.6 Å². The normalized spacial score (nSPS) is 13.6. The van der Waals surface area contributed by atoms with Crippen molar-refractivity contribution in [3.8, 4) is 0 Å². The summed E-state index contributed by atoms with van der Waals surface area (Å²) < 4.78 is 0. The minimum Gasteiger partial charge on any atom is -0.481 e.